The minimum absolute atomic E-state index is 0.00572. The molecule has 3 rings (SSSR count). The Kier molecular flexibility index (Phi) is 3.68. The standard InChI is InChI=1S/C14H8Cl2N2O4S/c15-10-6-5-9-11(12(10)16)14(20)18(13(9)19)7-1-3-8(4-2-7)23(17,21)22/h1-6H,(H2,17,21,22). The van der Waals surface area contributed by atoms with Gasteiger partial charge in [0.25, 0.3) is 11.8 Å². The van der Waals surface area contributed by atoms with Gasteiger partial charge in [-0.25, -0.2) is 18.5 Å². The Labute approximate surface area is 141 Å². The van der Waals surface area contributed by atoms with Crippen LogP contribution < -0.4 is 10.0 Å². The predicted molar refractivity (Wildman–Crippen MR) is 85.4 cm³/mol. The van der Waals surface area contributed by atoms with Crippen molar-refractivity contribution in [3.8, 4) is 0 Å². The van der Waals surface area contributed by atoms with Crippen LogP contribution in [0, 0.1) is 0 Å². The van der Waals surface area contributed by atoms with Gasteiger partial charge in [-0.05, 0) is 36.4 Å². The van der Waals surface area contributed by atoms with Crippen molar-refractivity contribution in [3.63, 3.8) is 0 Å². The van der Waals surface area contributed by atoms with Crippen LogP contribution >= 0.6 is 23.2 Å². The van der Waals surface area contributed by atoms with Gasteiger partial charge in [-0.15, -0.1) is 0 Å². The monoisotopic (exact) mass is 370 g/mol. The number of hydrogen-bond acceptors (Lipinski definition) is 4. The summed E-state index contributed by atoms with van der Waals surface area (Å²) in [5, 5.41) is 5.18. The highest BCUT2D eigenvalue weighted by atomic mass is 35.5. The van der Waals surface area contributed by atoms with Crippen LogP contribution in [-0.2, 0) is 10.0 Å². The molecule has 0 unspecified atom stereocenters. The number of carbonyl (C=O) groups is 2. The first-order chi connectivity index (χ1) is 10.7. The van der Waals surface area contributed by atoms with Crippen LogP contribution in [0.1, 0.15) is 20.7 Å². The molecule has 1 aliphatic rings. The van der Waals surface area contributed by atoms with E-state index >= 15 is 0 Å². The van der Waals surface area contributed by atoms with Gasteiger partial charge in [0.15, 0.2) is 0 Å². The molecule has 1 heterocycles. The summed E-state index contributed by atoms with van der Waals surface area (Å²) in [6, 6.07) is 7.91. The first-order valence-corrected chi connectivity index (χ1v) is 8.51. The highest BCUT2D eigenvalue weighted by Crippen LogP contribution is 2.36. The van der Waals surface area contributed by atoms with Crippen molar-refractivity contribution in [1.82, 2.24) is 0 Å². The van der Waals surface area contributed by atoms with Crippen LogP contribution in [-0.4, -0.2) is 20.2 Å². The van der Waals surface area contributed by atoms with Crippen molar-refractivity contribution in [2.75, 3.05) is 4.90 Å². The second-order valence-electron chi connectivity index (χ2n) is 4.77. The largest absolute Gasteiger partial charge is 0.268 e. The molecule has 0 bridgehead atoms. The van der Waals surface area contributed by atoms with E-state index in [2.05, 4.69) is 0 Å². The van der Waals surface area contributed by atoms with E-state index in [0.717, 1.165) is 4.90 Å². The molecule has 0 atom stereocenters. The molecular formula is C14H8Cl2N2O4S. The van der Waals surface area contributed by atoms with E-state index in [4.69, 9.17) is 28.3 Å². The van der Waals surface area contributed by atoms with Crippen molar-refractivity contribution < 1.29 is 18.0 Å². The van der Waals surface area contributed by atoms with E-state index in [9.17, 15) is 18.0 Å². The lowest BCUT2D eigenvalue weighted by Gasteiger charge is -2.14. The lowest BCUT2D eigenvalue weighted by molar-refractivity contribution is 0.0926. The number of nitrogens with two attached hydrogens (primary N) is 1. The Hall–Kier alpha value is -1.93. The number of imide groups is 1. The average Bonchev–Trinajstić information content (AvgIpc) is 2.74. The fraction of sp³-hybridized carbons (Fsp3) is 0. The van der Waals surface area contributed by atoms with Crippen molar-refractivity contribution in [3.05, 3.63) is 57.6 Å². The molecule has 23 heavy (non-hydrogen) atoms. The molecule has 0 aromatic heterocycles. The number of hydrogen-bond donors (Lipinski definition) is 1. The fourth-order valence-corrected chi connectivity index (χ4v) is 3.20. The van der Waals surface area contributed by atoms with Gasteiger partial charge in [0, 0.05) is 0 Å². The van der Waals surface area contributed by atoms with Crippen molar-refractivity contribution >= 4 is 50.7 Å². The molecule has 2 aromatic rings. The molecule has 9 heteroatoms. The highest BCUT2D eigenvalue weighted by Gasteiger charge is 2.39. The number of amides is 2. The lowest BCUT2D eigenvalue weighted by Crippen LogP contribution is -2.29. The first-order valence-electron chi connectivity index (χ1n) is 6.21. The Balaban J connectivity index is 2.08. The maximum atomic E-state index is 12.5. The van der Waals surface area contributed by atoms with Crippen LogP contribution in [0.3, 0.4) is 0 Å². The van der Waals surface area contributed by atoms with Crippen LogP contribution in [0.4, 0.5) is 5.69 Å². The Morgan fingerprint density at radius 3 is 2.09 bits per heavy atom. The number of nitrogens with zero attached hydrogens (tertiary/aromatic N) is 1. The zero-order valence-corrected chi connectivity index (χ0v) is 13.6. The smallest absolute Gasteiger partial charge is 0.267 e. The summed E-state index contributed by atoms with van der Waals surface area (Å²) in [6.07, 6.45) is 0. The number of benzene rings is 2. The number of primary sulfonamides is 1. The molecule has 118 valence electrons. The van der Waals surface area contributed by atoms with E-state index in [0.29, 0.717) is 0 Å². The summed E-state index contributed by atoms with van der Waals surface area (Å²) in [5.41, 5.74) is 0.371. The minimum Gasteiger partial charge on any atom is -0.268 e. The highest BCUT2D eigenvalue weighted by molar-refractivity contribution is 7.89. The average molecular weight is 371 g/mol. The molecule has 2 amide bonds. The van der Waals surface area contributed by atoms with Gasteiger partial charge in [0.05, 0.1) is 31.8 Å². The molecule has 0 spiro atoms. The molecule has 2 aromatic carbocycles. The van der Waals surface area contributed by atoms with Crippen molar-refractivity contribution in [2.24, 2.45) is 5.14 Å². The SMILES string of the molecule is NS(=O)(=O)c1ccc(N2C(=O)c3ccc(Cl)c(Cl)c3C2=O)cc1. The van der Waals surface area contributed by atoms with E-state index in [1.54, 1.807) is 0 Å². The van der Waals surface area contributed by atoms with Gasteiger partial charge in [0.2, 0.25) is 10.0 Å². The molecule has 6 nitrogen and oxygen atoms in total. The number of halogens is 2. The summed E-state index contributed by atoms with van der Waals surface area (Å²) in [5.74, 6) is -1.19. The van der Waals surface area contributed by atoms with Crippen molar-refractivity contribution in [2.45, 2.75) is 4.90 Å². The minimum atomic E-state index is -3.86. The van der Waals surface area contributed by atoms with Crippen molar-refractivity contribution in [1.29, 1.82) is 0 Å². The third-order valence-electron chi connectivity index (χ3n) is 3.37. The number of carbonyl (C=O) groups excluding carboxylic acids is 2. The molecule has 2 N–H and O–H groups in total. The van der Waals surface area contributed by atoms with Crippen LogP contribution in [0.15, 0.2) is 41.3 Å². The topological polar surface area (TPSA) is 97.5 Å². The Morgan fingerprint density at radius 2 is 1.52 bits per heavy atom. The Bertz CT molecular complexity index is 955. The normalized spacial score (nSPS) is 14.3. The predicted octanol–water partition coefficient (Wildman–Crippen LogP) is 2.44. The van der Waals surface area contributed by atoms with Crippen LogP contribution in [0.2, 0.25) is 10.0 Å². The Morgan fingerprint density at radius 1 is 0.913 bits per heavy atom. The quantitative estimate of drug-likeness (QED) is 0.820. The second kappa shape index (κ2) is 5.31. The lowest BCUT2D eigenvalue weighted by atomic mass is 10.1. The van der Waals surface area contributed by atoms with Gasteiger partial charge < -0.3 is 0 Å². The summed E-state index contributed by atoms with van der Waals surface area (Å²) in [4.78, 5) is 25.7. The third-order valence-corrected chi connectivity index (χ3v) is 5.10. The van der Waals surface area contributed by atoms with Gasteiger partial charge >= 0.3 is 0 Å². The van der Waals surface area contributed by atoms with E-state index in [-0.39, 0.29) is 31.8 Å². The van der Waals surface area contributed by atoms with Crippen LogP contribution in [0.25, 0.3) is 0 Å². The molecule has 0 fully saturated rings. The zero-order chi connectivity index (χ0) is 16.9. The molecular weight excluding hydrogens is 363 g/mol. The number of fused-ring (bicyclic) bond motifs is 1. The molecule has 0 saturated heterocycles. The molecule has 0 aliphatic carbocycles. The molecule has 0 saturated carbocycles. The second-order valence-corrected chi connectivity index (χ2v) is 7.12. The van der Waals surface area contributed by atoms with E-state index in [1.165, 1.54) is 36.4 Å². The van der Waals surface area contributed by atoms with Gasteiger partial charge in [-0.2, -0.15) is 0 Å². The van der Waals surface area contributed by atoms with Gasteiger partial charge in [-0.1, -0.05) is 23.2 Å². The summed E-state index contributed by atoms with van der Waals surface area (Å²) < 4.78 is 22.5. The van der Waals surface area contributed by atoms with E-state index < -0.39 is 21.8 Å². The third kappa shape index (κ3) is 2.51. The summed E-state index contributed by atoms with van der Waals surface area (Å²) in [6.45, 7) is 0. The maximum Gasteiger partial charge on any atom is 0.267 e. The van der Waals surface area contributed by atoms with Gasteiger partial charge in [-0.3, -0.25) is 9.59 Å². The van der Waals surface area contributed by atoms with E-state index in [1.807, 2.05) is 0 Å². The molecule has 1 aliphatic heterocycles. The zero-order valence-electron chi connectivity index (χ0n) is 11.3. The summed E-state index contributed by atoms with van der Waals surface area (Å²) in [7, 11) is -3.86. The number of rotatable bonds is 2. The summed E-state index contributed by atoms with van der Waals surface area (Å²) >= 11 is 11.9. The first kappa shape index (κ1) is 15.9. The number of anilines is 1. The maximum absolute atomic E-state index is 12.5. The molecule has 0 radical (unpaired) electrons. The van der Waals surface area contributed by atoms with Gasteiger partial charge in [0.1, 0.15) is 0 Å². The fourth-order valence-electron chi connectivity index (χ4n) is 2.28. The van der Waals surface area contributed by atoms with Crippen LogP contribution in [0.5, 0.6) is 0 Å². The number of sulfonamides is 1.